The molecule has 2 nitrogen and oxygen atoms in total. The van der Waals surface area contributed by atoms with Crippen LogP contribution in [0.15, 0.2) is 12.2 Å². The number of hydrogen-bond donors (Lipinski definition) is 0. The van der Waals surface area contributed by atoms with E-state index in [0.717, 1.165) is 18.4 Å². The monoisotopic (exact) mass is 236 g/mol. The van der Waals surface area contributed by atoms with Gasteiger partial charge < -0.3 is 4.74 Å². The van der Waals surface area contributed by atoms with E-state index in [-0.39, 0.29) is 12.1 Å². The van der Waals surface area contributed by atoms with E-state index in [9.17, 15) is 4.79 Å². The topological polar surface area (TPSA) is 26.3 Å². The zero-order valence-electron chi connectivity index (χ0n) is 10.7. The van der Waals surface area contributed by atoms with E-state index in [2.05, 4.69) is 6.58 Å². The Morgan fingerprint density at radius 3 is 2.06 bits per heavy atom. The summed E-state index contributed by atoms with van der Waals surface area (Å²) in [7, 11) is 0. The maximum Gasteiger partial charge on any atom is 0.334 e. The van der Waals surface area contributed by atoms with Gasteiger partial charge in [-0.1, -0.05) is 51.5 Å². The summed E-state index contributed by atoms with van der Waals surface area (Å²) in [5.74, 6) is 0.164. The van der Waals surface area contributed by atoms with Crippen molar-refractivity contribution >= 4 is 5.97 Å². The molecule has 1 saturated heterocycles. The van der Waals surface area contributed by atoms with Gasteiger partial charge >= 0.3 is 5.97 Å². The van der Waals surface area contributed by atoms with E-state index in [0.29, 0.717) is 5.92 Å². The molecule has 17 heavy (non-hydrogen) atoms. The molecule has 0 amide bonds. The zero-order valence-corrected chi connectivity index (χ0v) is 10.7. The van der Waals surface area contributed by atoms with E-state index in [1.165, 1.54) is 51.4 Å². The van der Waals surface area contributed by atoms with Crippen LogP contribution in [0.25, 0.3) is 0 Å². The van der Waals surface area contributed by atoms with Crippen molar-refractivity contribution in [2.75, 3.05) is 0 Å². The lowest BCUT2D eigenvalue weighted by atomic mass is 9.88. The molecule has 2 unspecified atom stereocenters. The highest BCUT2D eigenvalue weighted by Gasteiger charge is 2.37. The van der Waals surface area contributed by atoms with Crippen molar-refractivity contribution < 1.29 is 9.53 Å². The van der Waals surface area contributed by atoms with Crippen molar-refractivity contribution in [3.8, 4) is 0 Å². The summed E-state index contributed by atoms with van der Waals surface area (Å²) in [6, 6.07) is 0. The van der Waals surface area contributed by atoms with Crippen molar-refractivity contribution in [2.45, 2.75) is 70.3 Å². The number of fused-ring (bicyclic) bond motifs is 1. The molecule has 1 heterocycles. The molecular formula is C15H24O2. The molecule has 0 aromatic carbocycles. The van der Waals surface area contributed by atoms with Crippen LogP contribution in [0, 0.1) is 5.92 Å². The molecule has 2 aliphatic rings. The summed E-state index contributed by atoms with van der Waals surface area (Å²) in [5, 5.41) is 0. The lowest BCUT2D eigenvalue weighted by molar-refractivity contribution is -0.139. The molecule has 1 aliphatic heterocycles. The van der Waals surface area contributed by atoms with Gasteiger partial charge in [-0.3, -0.25) is 0 Å². The van der Waals surface area contributed by atoms with Crippen molar-refractivity contribution in [1.29, 1.82) is 0 Å². The average Bonchev–Trinajstić information content (AvgIpc) is 2.56. The number of rotatable bonds is 0. The number of ether oxygens (including phenoxy) is 1. The number of esters is 1. The average molecular weight is 236 g/mol. The van der Waals surface area contributed by atoms with Crippen LogP contribution >= 0.6 is 0 Å². The second kappa shape index (κ2) is 6.23. The van der Waals surface area contributed by atoms with Gasteiger partial charge in [0.15, 0.2) is 0 Å². The van der Waals surface area contributed by atoms with Crippen LogP contribution in [0.2, 0.25) is 0 Å². The molecule has 2 rings (SSSR count). The SMILES string of the molecule is C=C1C(=O)OC2CCCCCCCCCCC12. The third-order valence-electron chi connectivity index (χ3n) is 4.17. The van der Waals surface area contributed by atoms with E-state index in [1.807, 2.05) is 0 Å². The minimum Gasteiger partial charge on any atom is -0.458 e. The fourth-order valence-corrected chi connectivity index (χ4v) is 3.06. The normalized spacial score (nSPS) is 32.2. The zero-order chi connectivity index (χ0) is 12.1. The van der Waals surface area contributed by atoms with Crippen LogP contribution in [0.5, 0.6) is 0 Å². The molecule has 1 aliphatic carbocycles. The molecule has 0 radical (unpaired) electrons. The Hall–Kier alpha value is -0.790. The molecular weight excluding hydrogens is 212 g/mol. The Morgan fingerprint density at radius 1 is 0.882 bits per heavy atom. The quantitative estimate of drug-likeness (QED) is 0.469. The minimum absolute atomic E-state index is 0.134. The van der Waals surface area contributed by atoms with Crippen LogP contribution in [-0.2, 0) is 9.53 Å². The van der Waals surface area contributed by atoms with Gasteiger partial charge in [0.05, 0.1) is 0 Å². The van der Waals surface area contributed by atoms with Crippen molar-refractivity contribution in [2.24, 2.45) is 5.92 Å². The fraction of sp³-hybridized carbons (Fsp3) is 0.800. The van der Waals surface area contributed by atoms with Crippen molar-refractivity contribution in [3.63, 3.8) is 0 Å². The Bertz CT molecular complexity index is 283. The third-order valence-corrected chi connectivity index (χ3v) is 4.17. The Morgan fingerprint density at radius 2 is 1.41 bits per heavy atom. The summed E-state index contributed by atoms with van der Waals surface area (Å²) in [6.07, 6.45) is 12.7. The van der Waals surface area contributed by atoms with Gasteiger partial charge in [0.2, 0.25) is 0 Å². The highest BCUT2D eigenvalue weighted by Crippen LogP contribution is 2.34. The molecule has 1 saturated carbocycles. The largest absolute Gasteiger partial charge is 0.458 e. The smallest absolute Gasteiger partial charge is 0.334 e. The molecule has 0 bridgehead atoms. The van der Waals surface area contributed by atoms with E-state index in [1.54, 1.807) is 0 Å². The first kappa shape index (κ1) is 12.7. The van der Waals surface area contributed by atoms with Gasteiger partial charge in [0.25, 0.3) is 0 Å². The molecule has 0 aromatic heterocycles. The van der Waals surface area contributed by atoms with E-state index >= 15 is 0 Å². The molecule has 0 spiro atoms. The predicted octanol–water partition coefficient (Wildman–Crippen LogP) is 4.00. The summed E-state index contributed by atoms with van der Waals surface area (Å²) < 4.78 is 5.44. The molecule has 2 fully saturated rings. The lowest BCUT2D eigenvalue weighted by Gasteiger charge is -2.18. The van der Waals surface area contributed by atoms with Crippen LogP contribution < -0.4 is 0 Å². The van der Waals surface area contributed by atoms with Crippen molar-refractivity contribution in [1.82, 2.24) is 0 Å². The van der Waals surface area contributed by atoms with Crippen LogP contribution in [0.3, 0.4) is 0 Å². The third kappa shape index (κ3) is 3.34. The van der Waals surface area contributed by atoms with Crippen LogP contribution in [-0.4, -0.2) is 12.1 Å². The van der Waals surface area contributed by atoms with Crippen molar-refractivity contribution in [3.05, 3.63) is 12.2 Å². The molecule has 2 atom stereocenters. The van der Waals surface area contributed by atoms with E-state index < -0.39 is 0 Å². The summed E-state index contributed by atoms with van der Waals surface area (Å²) >= 11 is 0. The van der Waals surface area contributed by atoms with Crippen LogP contribution in [0.4, 0.5) is 0 Å². The summed E-state index contributed by atoms with van der Waals surface area (Å²) in [6.45, 7) is 3.91. The van der Waals surface area contributed by atoms with E-state index in [4.69, 9.17) is 4.74 Å². The second-order valence-electron chi connectivity index (χ2n) is 5.48. The van der Waals surface area contributed by atoms with Gasteiger partial charge in [-0.2, -0.15) is 0 Å². The lowest BCUT2D eigenvalue weighted by Crippen LogP contribution is -2.16. The molecule has 0 N–H and O–H groups in total. The highest BCUT2D eigenvalue weighted by molar-refractivity contribution is 5.90. The number of carbonyl (C=O) groups excluding carboxylic acids is 1. The summed E-state index contributed by atoms with van der Waals surface area (Å²) in [4.78, 5) is 11.6. The Balaban J connectivity index is 1.93. The number of hydrogen-bond acceptors (Lipinski definition) is 2. The Labute approximate surface area is 104 Å². The number of carbonyl (C=O) groups is 1. The minimum atomic E-state index is -0.144. The van der Waals surface area contributed by atoms with Crippen LogP contribution in [0.1, 0.15) is 64.2 Å². The maximum absolute atomic E-state index is 11.6. The standard InChI is InChI=1S/C15H24O2/c1-12-13-10-8-6-4-2-3-5-7-9-11-14(13)17-15(12)16/h13-14H,1-11H2. The summed E-state index contributed by atoms with van der Waals surface area (Å²) in [5.41, 5.74) is 0.729. The first-order valence-electron chi connectivity index (χ1n) is 7.19. The molecule has 2 heteroatoms. The highest BCUT2D eigenvalue weighted by atomic mass is 16.6. The van der Waals surface area contributed by atoms with Gasteiger partial charge in [-0.05, 0) is 19.3 Å². The van der Waals surface area contributed by atoms with Gasteiger partial charge in [-0.15, -0.1) is 0 Å². The predicted molar refractivity (Wildman–Crippen MR) is 68.7 cm³/mol. The first-order chi connectivity index (χ1) is 8.29. The fourth-order valence-electron chi connectivity index (χ4n) is 3.06. The molecule has 96 valence electrons. The van der Waals surface area contributed by atoms with Gasteiger partial charge in [0.1, 0.15) is 6.10 Å². The Kier molecular flexibility index (Phi) is 4.64. The first-order valence-corrected chi connectivity index (χ1v) is 7.19. The van der Waals surface area contributed by atoms with Gasteiger partial charge in [0, 0.05) is 11.5 Å². The molecule has 0 aromatic rings. The maximum atomic E-state index is 11.6. The second-order valence-corrected chi connectivity index (χ2v) is 5.48. The van der Waals surface area contributed by atoms with Gasteiger partial charge in [-0.25, -0.2) is 4.79 Å².